The molecule has 7 heterocycles. The number of unbranched alkanes of at least 4 members (excludes halogenated alkanes) is 3. The fourth-order valence-electron chi connectivity index (χ4n) is 15.5. The highest BCUT2D eigenvalue weighted by atomic mass is 16.2. The van der Waals surface area contributed by atoms with E-state index in [1.165, 1.54) is 23.1 Å². The van der Waals surface area contributed by atoms with Gasteiger partial charge in [0, 0.05) is 126 Å². The van der Waals surface area contributed by atoms with Gasteiger partial charge in [0.15, 0.2) is 34.7 Å². The van der Waals surface area contributed by atoms with Crippen molar-refractivity contribution in [2.75, 3.05) is 52.4 Å². The van der Waals surface area contributed by atoms with E-state index in [0.717, 1.165) is 188 Å². The summed E-state index contributed by atoms with van der Waals surface area (Å²) in [5.41, 5.74) is 17.2. The second-order valence-corrected chi connectivity index (χ2v) is 35.7. The largest absolute Gasteiger partial charge is 0.368 e. The molecule has 1 amide bonds. The summed E-state index contributed by atoms with van der Waals surface area (Å²) in [6.07, 6.45) is 32.1. The first-order chi connectivity index (χ1) is 50.2. The summed E-state index contributed by atoms with van der Waals surface area (Å²) in [7, 11) is 0. The van der Waals surface area contributed by atoms with Gasteiger partial charge in [-0.3, -0.25) is 33.6 Å². The highest BCUT2D eigenvalue weighted by molar-refractivity contribution is 5.85. The molecule has 1 aromatic rings. The molecule has 0 spiro atoms. The maximum atomic E-state index is 12.4. The third-order valence-corrected chi connectivity index (χ3v) is 22.4. The fourth-order valence-corrected chi connectivity index (χ4v) is 15.5. The van der Waals surface area contributed by atoms with E-state index in [4.69, 9.17) is 12.2 Å². The molecule has 15 heteroatoms. The number of rotatable bonds is 31. The van der Waals surface area contributed by atoms with Crippen molar-refractivity contribution in [1.29, 1.82) is 0 Å². The number of benzene rings is 1. The van der Waals surface area contributed by atoms with Crippen LogP contribution >= 0.6 is 0 Å². The van der Waals surface area contributed by atoms with E-state index in [-0.39, 0.29) is 62.4 Å². The summed E-state index contributed by atoms with van der Waals surface area (Å²) in [4.78, 5) is 96.9. The second kappa shape index (κ2) is 45.2. The van der Waals surface area contributed by atoms with Crippen molar-refractivity contribution in [3.63, 3.8) is 0 Å². The van der Waals surface area contributed by atoms with Crippen LogP contribution in [-0.2, 0) is 40.0 Å². The van der Waals surface area contributed by atoms with E-state index in [2.05, 4.69) is 232 Å². The number of primary amides is 1. The molecule has 0 saturated carbocycles. The van der Waals surface area contributed by atoms with Crippen molar-refractivity contribution >= 4 is 40.6 Å². The molecule has 606 valence electrons. The number of nitrogens with zero attached hydrogens (tertiary/aromatic N) is 7. The first-order valence-corrected chi connectivity index (χ1v) is 40.8. The van der Waals surface area contributed by atoms with Crippen molar-refractivity contribution in [1.82, 2.24) is 34.3 Å². The Balaban J connectivity index is 0.000000429. The lowest BCUT2D eigenvalue weighted by molar-refractivity contribution is -0.125. The SMILES string of the molecule is C#CCCC(=O)CN1C(=C)CCC1(C)C.C=C1CC(C)(C)CN1CC(N)=O.C=C1CCC(C)(C)N1C(CC)C(=O)CCCCC.C=C1CCC(C)(C)N1CC(=O)CC(C)C.C=C1CCC(C)(C)N1CC(=O)CCCC.C=C1CCCN1CC(=O)Cc1c(C)cccc1C.C=CCCC(=O)CN1C(=C)CCC1(C)C. The standard InChI is InChI=1S/C16H21NO.C16H29NO.2C13H23NO.C13H21NO.C13H19NO.C9H16N2O/c1-12-6-4-7-13(2)16(12)10-15(18)11-17-9-5-8-14(17)3;1-6-8-9-10-15(18)14(7-2)17-13(3)11-12-16(17,4)5;1-10(2)8-12(15)9-14-11(3)6-7-13(14,4)5;3*1-5-6-7-12(15)10-14-11(2)8-9-13(14,3)4;1-7-4-9(2,3)6-11(7)5-8(10)12/h4,6-7H,3,5,8-11H2,1-2H3;14H,3,6-12H2,1-2,4-5H3;10H,3,6-9H2,1-2,4-5H3;2,5-10H2,1,3-4H3;5H,1-2,6-10H2,3-4H3;1H,2,6-10H2,3-4H3;1,4-6H2,2-3H3,(H2,10,12). The second-order valence-electron chi connectivity index (χ2n) is 35.7. The number of terminal acetylenes is 1. The van der Waals surface area contributed by atoms with Crippen LogP contribution in [-0.4, -0.2) is 161 Å². The zero-order valence-electron chi connectivity index (χ0n) is 72.0. The summed E-state index contributed by atoms with van der Waals surface area (Å²) in [5.74, 6) is 4.54. The average Bonchev–Trinajstić information content (AvgIpc) is 1.65. The third kappa shape index (κ3) is 32.8. The Morgan fingerprint density at radius 2 is 0.954 bits per heavy atom. The number of allylic oxidation sites excluding steroid dienone is 8. The molecule has 8 rings (SSSR count). The summed E-state index contributed by atoms with van der Waals surface area (Å²) < 4.78 is 0. The van der Waals surface area contributed by atoms with Crippen LogP contribution in [0.2, 0.25) is 0 Å². The number of likely N-dealkylation sites (tertiary alicyclic amines) is 7. The normalized spacial score (nSPS) is 19.1. The molecule has 7 aliphatic heterocycles. The minimum Gasteiger partial charge on any atom is -0.368 e. The molecular formula is C93H152N8O7. The van der Waals surface area contributed by atoms with Crippen LogP contribution in [0.5, 0.6) is 0 Å². The van der Waals surface area contributed by atoms with E-state index in [0.29, 0.717) is 94.6 Å². The predicted octanol–water partition coefficient (Wildman–Crippen LogP) is 19.4. The van der Waals surface area contributed by atoms with E-state index in [9.17, 15) is 33.6 Å². The number of aryl methyl sites for hydroxylation is 2. The third-order valence-electron chi connectivity index (χ3n) is 22.4. The van der Waals surface area contributed by atoms with Crippen molar-refractivity contribution in [2.45, 2.75) is 339 Å². The maximum absolute atomic E-state index is 12.4. The lowest BCUT2D eigenvalue weighted by atomic mass is 9.92. The summed E-state index contributed by atoms with van der Waals surface area (Å²) >= 11 is 0. The van der Waals surface area contributed by atoms with Crippen LogP contribution in [0.15, 0.2) is 117 Å². The molecular weight excluding hydrogens is 1340 g/mol. The summed E-state index contributed by atoms with van der Waals surface area (Å²) in [5, 5.41) is 0. The maximum Gasteiger partial charge on any atom is 0.236 e. The zero-order valence-corrected chi connectivity index (χ0v) is 72.0. The average molecular weight is 1490 g/mol. The van der Waals surface area contributed by atoms with Gasteiger partial charge in [0.1, 0.15) is 0 Å². The number of hydrogen-bond acceptors (Lipinski definition) is 14. The molecule has 7 aliphatic rings. The first kappa shape index (κ1) is 96.9. The lowest BCUT2D eigenvalue weighted by Crippen LogP contribution is -2.47. The van der Waals surface area contributed by atoms with Crippen LogP contribution in [0.3, 0.4) is 0 Å². The first-order valence-electron chi connectivity index (χ1n) is 40.8. The molecule has 2 N–H and O–H groups in total. The smallest absolute Gasteiger partial charge is 0.236 e. The molecule has 0 aromatic heterocycles. The fraction of sp³-hybridized carbons (Fsp3) is 0.667. The molecule has 108 heavy (non-hydrogen) atoms. The minimum atomic E-state index is -0.283. The summed E-state index contributed by atoms with van der Waals surface area (Å²) in [6.45, 7) is 77.5. The number of ketones is 6. The van der Waals surface area contributed by atoms with Crippen LogP contribution < -0.4 is 5.73 Å². The zero-order chi connectivity index (χ0) is 82.3. The van der Waals surface area contributed by atoms with Gasteiger partial charge < -0.3 is 40.0 Å². The van der Waals surface area contributed by atoms with Gasteiger partial charge in [-0.15, -0.1) is 18.9 Å². The van der Waals surface area contributed by atoms with Crippen LogP contribution in [0.4, 0.5) is 0 Å². The Morgan fingerprint density at radius 1 is 0.519 bits per heavy atom. The molecule has 0 radical (unpaired) electrons. The minimum absolute atomic E-state index is 0.0480. The number of carbonyl (C=O) groups is 7. The van der Waals surface area contributed by atoms with Gasteiger partial charge in [-0.25, -0.2) is 0 Å². The van der Waals surface area contributed by atoms with Gasteiger partial charge in [0.2, 0.25) is 5.91 Å². The topological polar surface area (TPSA) is 168 Å². The number of nitrogens with two attached hydrogens (primary N) is 1. The molecule has 15 nitrogen and oxygen atoms in total. The Morgan fingerprint density at radius 3 is 1.31 bits per heavy atom. The molecule has 0 bridgehead atoms. The van der Waals surface area contributed by atoms with Crippen molar-refractivity contribution in [3.05, 3.63) is 133 Å². The Hall–Kier alpha value is -7.21. The van der Waals surface area contributed by atoms with Gasteiger partial charge in [0.25, 0.3) is 0 Å². The van der Waals surface area contributed by atoms with Crippen LogP contribution in [0, 0.1) is 37.5 Å². The monoisotopic (exact) mass is 1490 g/mol. The lowest BCUT2D eigenvalue weighted by Gasteiger charge is -2.40. The molecule has 7 saturated heterocycles. The highest BCUT2D eigenvalue weighted by Gasteiger charge is 2.42. The van der Waals surface area contributed by atoms with Gasteiger partial charge in [-0.2, -0.15) is 0 Å². The number of carbonyl (C=O) groups excluding carboxylic acids is 7. The van der Waals surface area contributed by atoms with Crippen molar-refractivity contribution in [3.8, 4) is 12.3 Å². The quantitative estimate of drug-likeness (QED) is 0.0423. The number of hydrogen-bond donors (Lipinski definition) is 1. The predicted molar refractivity (Wildman–Crippen MR) is 454 cm³/mol. The van der Waals surface area contributed by atoms with E-state index >= 15 is 0 Å². The molecule has 1 aromatic carbocycles. The Bertz CT molecular complexity index is 3290. The summed E-state index contributed by atoms with van der Waals surface area (Å²) in [6, 6.07) is 6.24. The van der Waals surface area contributed by atoms with Crippen molar-refractivity contribution in [2.24, 2.45) is 17.1 Å². The molecule has 1 unspecified atom stereocenters. The van der Waals surface area contributed by atoms with E-state index in [1.54, 1.807) is 6.08 Å². The van der Waals surface area contributed by atoms with Gasteiger partial charge in [-0.1, -0.05) is 138 Å². The molecule has 0 aliphatic carbocycles. The van der Waals surface area contributed by atoms with Crippen LogP contribution in [0.1, 0.15) is 301 Å². The molecule has 7 fully saturated rings. The van der Waals surface area contributed by atoms with Crippen molar-refractivity contribution < 1.29 is 33.6 Å². The van der Waals surface area contributed by atoms with Gasteiger partial charge >= 0.3 is 0 Å². The Labute approximate surface area is 658 Å². The van der Waals surface area contributed by atoms with Crippen LogP contribution in [0.25, 0.3) is 0 Å². The van der Waals surface area contributed by atoms with Gasteiger partial charge in [0.05, 0.1) is 45.3 Å². The molecule has 1 atom stereocenters. The number of Topliss-reactive ketones (excluding diaryl/α,β-unsaturated/α-hetero) is 6. The Kier molecular flexibility index (Phi) is 40.5. The van der Waals surface area contributed by atoms with E-state index in [1.807, 2.05) is 11.0 Å². The highest BCUT2D eigenvalue weighted by Crippen LogP contribution is 2.41. The van der Waals surface area contributed by atoms with Gasteiger partial charge in [-0.05, 0) is 220 Å². The number of amides is 1. The van der Waals surface area contributed by atoms with E-state index < -0.39 is 0 Å².